The number of hydrogen-bond donors (Lipinski definition) is 2. The van der Waals surface area contributed by atoms with Gasteiger partial charge in [0.25, 0.3) is 0 Å². The number of H-pyrrole nitrogens is 1. The topological polar surface area (TPSA) is 70.7 Å². The quantitative estimate of drug-likeness (QED) is 0.576. The predicted octanol–water partition coefficient (Wildman–Crippen LogP) is 3.79. The number of benzene rings is 2. The van der Waals surface area contributed by atoms with E-state index < -0.39 is 0 Å². The Morgan fingerprint density at radius 1 is 1.04 bits per heavy atom. The Hall–Kier alpha value is -2.99. The summed E-state index contributed by atoms with van der Waals surface area (Å²) in [4.78, 5) is 24.2. The minimum absolute atomic E-state index is 0.129. The first-order valence-electron chi connectivity index (χ1n) is 7.98. The summed E-state index contributed by atoms with van der Waals surface area (Å²) in [7, 11) is 0. The molecule has 4 aromatic rings. The van der Waals surface area contributed by atoms with Gasteiger partial charge in [0.15, 0.2) is 0 Å². The first-order chi connectivity index (χ1) is 12.3. The fourth-order valence-corrected chi connectivity index (χ4v) is 3.46. The molecule has 0 spiro atoms. The van der Waals surface area contributed by atoms with Crippen molar-refractivity contribution in [1.82, 2.24) is 15.0 Å². The second-order valence-electron chi connectivity index (χ2n) is 5.72. The van der Waals surface area contributed by atoms with E-state index in [1.54, 1.807) is 11.3 Å². The average Bonchev–Trinajstić information content (AvgIpc) is 3.21. The van der Waals surface area contributed by atoms with Crippen molar-refractivity contribution >= 4 is 34.2 Å². The van der Waals surface area contributed by atoms with Gasteiger partial charge in [-0.15, -0.1) is 11.3 Å². The van der Waals surface area contributed by atoms with Gasteiger partial charge in [0.1, 0.15) is 0 Å². The first-order valence-corrected chi connectivity index (χ1v) is 8.86. The SMILES string of the molecule is O=C(Cc1csc(Cc2ccccc2)n1)Nc1nc2ccccc2[nH]1. The van der Waals surface area contributed by atoms with E-state index in [1.807, 2.05) is 47.8 Å². The molecule has 5 nitrogen and oxygen atoms in total. The molecule has 2 aromatic heterocycles. The smallest absolute Gasteiger partial charge is 0.232 e. The summed E-state index contributed by atoms with van der Waals surface area (Å²) in [5, 5.41) is 5.75. The number of carbonyl (C=O) groups is 1. The van der Waals surface area contributed by atoms with E-state index in [9.17, 15) is 4.79 Å². The van der Waals surface area contributed by atoms with Gasteiger partial charge in [-0.25, -0.2) is 9.97 Å². The minimum atomic E-state index is -0.129. The highest BCUT2D eigenvalue weighted by Gasteiger charge is 2.10. The van der Waals surface area contributed by atoms with Crippen molar-refractivity contribution in [2.75, 3.05) is 5.32 Å². The Kier molecular flexibility index (Phi) is 4.26. The fourth-order valence-electron chi connectivity index (χ4n) is 2.63. The van der Waals surface area contributed by atoms with E-state index >= 15 is 0 Å². The van der Waals surface area contributed by atoms with Crippen molar-refractivity contribution in [1.29, 1.82) is 0 Å². The lowest BCUT2D eigenvalue weighted by atomic mass is 10.2. The minimum Gasteiger partial charge on any atom is -0.324 e. The molecule has 2 N–H and O–H groups in total. The largest absolute Gasteiger partial charge is 0.324 e. The lowest BCUT2D eigenvalue weighted by molar-refractivity contribution is -0.115. The third-order valence-electron chi connectivity index (χ3n) is 3.79. The van der Waals surface area contributed by atoms with Crippen LogP contribution in [0.2, 0.25) is 0 Å². The highest BCUT2D eigenvalue weighted by Crippen LogP contribution is 2.16. The van der Waals surface area contributed by atoms with Gasteiger partial charge in [0, 0.05) is 11.8 Å². The van der Waals surface area contributed by atoms with Gasteiger partial charge in [0.2, 0.25) is 11.9 Å². The molecule has 1 amide bonds. The van der Waals surface area contributed by atoms with Crippen LogP contribution in [-0.4, -0.2) is 20.9 Å². The van der Waals surface area contributed by atoms with Gasteiger partial charge < -0.3 is 4.98 Å². The maximum absolute atomic E-state index is 12.2. The van der Waals surface area contributed by atoms with Crippen LogP contribution in [0.25, 0.3) is 11.0 Å². The van der Waals surface area contributed by atoms with Crippen LogP contribution >= 0.6 is 11.3 Å². The molecule has 0 bridgehead atoms. The molecule has 0 atom stereocenters. The van der Waals surface area contributed by atoms with Crippen molar-refractivity contribution in [3.8, 4) is 0 Å². The second-order valence-corrected chi connectivity index (χ2v) is 6.67. The van der Waals surface area contributed by atoms with E-state index in [1.165, 1.54) is 5.56 Å². The molecule has 25 heavy (non-hydrogen) atoms. The zero-order chi connectivity index (χ0) is 17.1. The highest BCUT2D eigenvalue weighted by atomic mass is 32.1. The Balaban J connectivity index is 1.39. The molecule has 0 aliphatic heterocycles. The first kappa shape index (κ1) is 15.5. The van der Waals surface area contributed by atoms with Gasteiger partial charge in [-0.2, -0.15) is 0 Å². The number of imidazole rings is 1. The van der Waals surface area contributed by atoms with Crippen LogP contribution in [0.1, 0.15) is 16.3 Å². The number of fused-ring (bicyclic) bond motifs is 1. The number of hydrogen-bond acceptors (Lipinski definition) is 4. The number of amides is 1. The summed E-state index contributed by atoms with van der Waals surface area (Å²) < 4.78 is 0. The number of para-hydroxylation sites is 2. The Labute approximate surface area is 148 Å². The fraction of sp³-hybridized carbons (Fsp3) is 0.105. The summed E-state index contributed by atoms with van der Waals surface area (Å²) in [5.74, 6) is 0.335. The van der Waals surface area contributed by atoms with Gasteiger partial charge in [-0.3, -0.25) is 10.1 Å². The summed E-state index contributed by atoms with van der Waals surface area (Å²) >= 11 is 1.58. The third-order valence-corrected chi connectivity index (χ3v) is 4.68. The van der Waals surface area contributed by atoms with E-state index in [0.717, 1.165) is 28.2 Å². The number of rotatable bonds is 5. The lowest BCUT2D eigenvalue weighted by Crippen LogP contribution is -2.15. The number of aromatic amines is 1. The van der Waals surface area contributed by atoms with Gasteiger partial charge in [-0.1, -0.05) is 42.5 Å². The van der Waals surface area contributed by atoms with Gasteiger partial charge >= 0.3 is 0 Å². The maximum Gasteiger partial charge on any atom is 0.232 e. The van der Waals surface area contributed by atoms with Crippen molar-refractivity contribution in [2.45, 2.75) is 12.8 Å². The average molecular weight is 348 g/mol. The molecule has 0 aliphatic carbocycles. The second kappa shape index (κ2) is 6.86. The van der Waals surface area contributed by atoms with Crippen molar-refractivity contribution < 1.29 is 4.79 Å². The van der Waals surface area contributed by atoms with E-state index in [0.29, 0.717) is 5.95 Å². The van der Waals surface area contributed by atoms with Crippen molar-refractivity contribution in [2.24, 2.45) is 0 Å². The van der Waals surface area contributed by atoms with Crippen LogP contribution in [-0.2, 0) is 17.6 Å². The van der Waals surface area contributed by atoms with Crippen LogP contribution in [0, 0.1) is 0 Å². The summed E-state index contributed by atoms with van der Waals surface area (Å²) in [6, 6.07) is 17.9. The number of aromatic nitrogens is 3. The lowest BCUT2D eigenvalue weighted by Gasteiger charge is -1.99. The molecular formula is C19H16N4OS. The molecule has 0 unspecified atom stereocenters. The molecule has 0 saturated carbocycles. The zero-order valence-corrected chi connectivity index (χ0v) is 14.2. The number of carbonyl (C=O) groups excluding carboxylic acids is 1. The number of thiazole rings is 1. The molecule has 0 fully saturated rings. The van der Waals surface area contributed by atoms with Crippen molar-refractivity contribution in [3.63, 3.8) is 0 Å². The monoisotopic (exact) mass is 348 g/mol. The van der Waals surface area contributed by atoms with Crippen molar-refractivity contribution in [3.05, 3.63) is 76.2 Å². The molecule has 2 heterocycles. The molecule has 2 aromatic carbocycles. The predicted molar refractivity (Wildman–Crippen MR) is 99.8 cm³/mol. The van der Waals surface area contributed by atoms with Gasteiger partial charge in [-0.05, 0) is 17.7 Å². The Morgan fingerprint density at radius 3 is 2.68 bits per heavy atom. The van der Waals surface area contributed by atoms with E-state index in [2.05, 4.69) is 32.4 Å². The Morgan fingerprint density at radius 2 is 1.84 bits per heavy atom. The number of nitrogens with one attached hydrogen (secondary N) is 2. The molecule has 0 aliphatic rings. The van der Waals surface area contributed by atoms with Crippen LogP contribution < -0.4 is 5.32 Å². The van der Waals surface area contributed by atoms with Crippen LogP contribution in [0.15, 0.2) is 60.0 Å². The summed E-state index contributed by atoms with van der Waals surface area (Å²) in [6.45, 7) is 0. The Bertz CT molecular complexity index is 973. The summed E-state index contributed by atoms with van der Waals surface area (Å²) in [6.07, 6.45) is 1.03. The van der Waals surface area contributed by atoms with Crippen LogP contribution in [0.3, 0.4) is 0 Å². The number of nitrogens with zero attached hydrogens (tertiary/aromatic N) is 2. The molecule has 6 heteroatoms. The number of anilines is 1. The normalized spacial score (nSPS) is 10.9. The van der Waals surface area contributed by atoms with E-state index in [4.69, 9.17) is 0 Å². The van der Waals surface area contributed by atoms with Crippen LogP contribution in [0.4, 0.5) is 5.95 Å². The molecule has 124 valence electrons. The molecular weight excluding hydrogens is 332 g/mol. The zero-order valence-electron chi connectivity index (χ0n) is 13.4. The maximum atomic E-state index is 12.2. The van der Waals surface area contributed by atoms with Crippen LogP contribution in [0.5, 0.6) is 0 Å². The van der Waals surface area contributed by atoms with Gasteiger partial charge in [0.05, 0.1) is 28.2 Å². The third kappa shape index (κ3) is 3.75. The highest BCUT2D eigenvalue weighted by molar-refractivity contribution is 7.09. The summed E-state index contributed by atoms with van der Waals surface area (Å²) in [5.41, 5.74) is 3.73. The standard InChI is InChI=1S/C19H16N4OS/c24-17(23-19-21-15-8-4-5-9-16(15)22-19)11-14-12-25-18(20-14)10-13-6-2-1-3-7-13/h1-9,12H,10-11H2,(H2,21,22,23,24). The van der Waals surface area contributed by atoms with E-state index in [-0.39, 0.29) is 12.3 Å². The molecule has 0 radical (unpaired) electrons. The molecule has 0 saturated heterocycles. The molecule has 4 rings (SSSR count).